The van der Waals surface area contributed by atoms with E-state index in [2.05, 4.69) is 21.4 Å². The second-order valence-electron chi connectivity index (χ2n) is 4.30. The second-order valence-corrected chi connectivity index (χ2v) is 5.16. The van der Waals surface area contributed by atoms with E-state index in [0.29, 0.717) is 10.0 Å². The molecule has 0 fully saturated rings. The van der Waals surface area contributed by atoms with Gasteiger partial charge in [0.1, 0.15) is 5.82 Å². The van der Waals surface area contributed by atoms with Crippen molar-refractivity contribution < 1.29 is 13.2 Å². The smallest absolute Gasteiger partial charge is 0.163 e. The predicted molar refractivity (Wildman–Crippen MR) is 74.2 cm³/mol. The summed E-state index contributed by atoms with van der Waals surface area (Å²) in [6, 6.07) is 7.40. The Morgan fingerprint density at radius 1 is 1.15 bits per heavy atom. The number of hydrogen-bond donors (Lipinski definition) is 2. The van der Waals surface area contributed by atoms with Gasteiger partial charge in [-0.25, -0.2) is 13.2 Å². The Bertz CT molecular complexity index is 619. The summed E-state index contributed by atoms with van der Waals surface area (Å²) in [5, 5.41) is 0. The Morgan fingerprint density at radius 2 is 1.90 bits per heavy atom. The molecule has 0 aromatic heterocycles. The van der Waals surface area contributed by atoms with Crippen LogP contribution in [0.3, 0.4) is 0 Å². The lowest BCUT2D eigenvalue weighted by Crippen LogP contribution is -2.30. The van der Waals surface area contributed by atoms with Crippen LogP contribution in [0.1, 0.15) is 17.2 Å². The van der Waals surface area contributed by atoms with Gasteiger partial charge in [0.2, 0.25) is 0 Å². The number of rotatable bonds is 4. The van der Waals surface area contributed by atoms with Crippen LogP contribution < -0.4 is 11.3 Å². The van der Waals surface area contributed by atoms with Crippen LogP contribution in [0.25, 0.3) is 0 Å². The normalized spacial score (nSPS) is 12.4. The van der Waals surface area contributed by atoms with Crippen LogP contribution in [-0.4, -0.2) is 0 Å². The zero-order chi connectivity index (χ0) is 14.7. The van der Waals surface area contributed by atoms with E-state index in [1.807, 2.05) is 0 Å². The van der Waals surface area contributed by atoms with Crippen molar-refractivity contribution in [2.45, 2.75) is 12.5 Å². The monoisotopic (exact) mass is 344 g/mol. The maximum absolute atomic E-state index is 13.8. The van der Waals surface area contributed by atoms with Crippen LogP contribution in [0, 0.1) is 17.5 Å². The molecule has 20 heavy (non-hydrogen) atoms. The molecule has 0 aliphatic carbocycles. The average Bonchev–Trinajstić information content (AvgIpc) is 2.43. The van der Waals surface area contributed by atoms with Crippen molar-refractivity contribution in [2.75, 3.05) is 0 Å². The van der Waals surface area contributed by atoms with Gasteiger partial charge in [0.15, 0.2) is 11.6 Å². The highest BCUT2D eigenvalue weighted by molar-refractivity contribution is 9.10. The minimum Gasteiger partial charge on any atom is -0.271 e. The molecule has 3 N–H and O–H groups in total. The van der Waals surface area contributed by atoms with Gasteiger partial charge in [-0.3, -0.25) is 11.3 Å². The van der Waals surface area contributed by atoms with E-state index in [1.54, 1.807) is 6.07 Å². The molecular formula is C14H12BrF3N2. The summed E-state index contributed by atoms with van der Waals surface area (Å²) in [7, 11) is 0. The highest BCUT2D eigenvalue weighted by Gasteiger charge is 2.18. The maximum atomic E-state index is 13.8. The standard InChI is InChI=1S/C14H12BrF3N2/c15-11-5-4-9(16)6-8(11)7-13(20-19)10-2-1-3-12(17)14(10)18/h1-6,13,20H,7,19H2. The summed E-state index contributed by atoms with van der Waals surface area (Å²) in [6.45, 7) is 0. The molecule has 2 nitrogen and oxygen atoms in total. The third kappa shape index (κ3) is 3.20. The van der Waals surface area contributed by atoms with Gasteiger partial charge in [-0.1, -0.05) is 28.1 Å². The Balaban J connectivity index is 2.34. The highest BCUT2D eigenvalue weighted by atomic mass is 79.9. The lowest BCUT2D eigenvalue weighted by Gasteiger charge is -2.18. The second kappa shape index (κ2) is 6.39. The maximum Gasteiger partial charge on any atom is 0.163 e. The van der Waals surface area contributed by atoms with Gasteiger partial charge < -0.3 is 0 Å². The van der Waals surface area contributed by atoms with Crippen molar-refractivity contribution in [3.05, 3.63) is 69.4 Å². The quantitative estimate of drug-likeness (QED) is 0.656. The van der Waals surface area contributed by atoms with E-state index in [4.69, 9.17) is 5.84 Å². The molecule has 0 saturated carbocycles. The van der Waals surface area contributed by atoms with E-state index >= 15 is 0 Å². The van der Waals surface area contributed by atoms with Gasteiger partial charge in [-0.05, 0) is 36.2 Å². The molecule has 1 atom stereocenters. The molecule has 0 amide bonds. The molecular weight excluding hydrogens is 333 g/mol. The van der Waals surface area contributed by atoms with Crippen molar-refractivity contribution in [3.63, 3.8) is 0 Å². The molecule has 0 bridgehead atoms. The molecule has 0 radical (unpaired) electrons. The molecule has 0 aliphatic rings. The number of nitrogens with two attached hydrogens (primary N) is 1. The van der Waals surface area contributed by atoms with Crippen molar-refractivity contribution in [1.29, 1.82) is 0 Å². The van der Waals surface area contributed by atoms with E-state index in [-0.39, 0.29) is 12.0 Å². The average molecular weight is 345 g/mol. The summed E-state index contributed by atoms with van der Waals surface area (Å²) >= 11 is 3.29. The third-order valence-electron chi connectivity index (χ3n) is 2.99. The molecule has 2 aromatic carbocycles. The summed E-state index contributed by atoms with van der Waals surface area (Å²) in [4.78, 5) is 0. The van der Waals surface area contributed by atoms with Crippen LogP contribution >= 0.6 is 15.9 Å². The number of halogens is 4. The Kier molecular flexibility index (Phi) is 4.80. The van der Waals surface area contributed by atoms with E-state index in [9.17, 15) is 13.2 Å². The molecule has 0 saturated heterocycles. The Morgan fingerprint density at radius 3 is 2.60 bits per heavy atom. The zero-order valence-electron chi connectivity index (χ0n) is 10.3. The fourth-order valence-electron chi connectivity index (χ4n) is 1.97. The summed E-state index contributed by atoms with van der Waals surface area (Å²) in [6.07, 6.45) is 0.217. The molecule has 0 aliphatic heterocycles. The Hall–Kier alpha value is -1.37. The van der Waals surface area contributed by atoms with Gasteiger partial charge >= 0.3 is 0 Å². The van der Waals surface area contributed by atoms with Crippen LogP contribution in [0.4, 0.5) is 13.2 Å². The lowest BCUT2D eigenvalue weighted by atomic mass is 9.98. The number of benzene rings is 2. The summed E-state index contributed by atoms with van der Waals surface area (Å²) in [5.41, 5.74) is 3.14. The molecule has 0 heterocycles. The molecule has 106 valence electrons. The first-order chi connectivity index (χ1) is 9.52. The topological polar surface area (TPSA) is 38.0 Å². The van der Waals surface area contributed by atoms with E-state index in [1.165, 1.54) is 24.3 Å². The molecule has 1 unspecified atom stereocenters. The minimum atomic E-state index is -0.956. The summed E-state index contributed by atoms with van der Waals surface area (Å²) < 4.78 is 40.9. The van der Waals surface area contributed by atoms with Crippen molar-refractivity contribution in [3.8, 4) is 0 Å². The number of hydrogen-bond acceptors (Lipinski definition) is 2. The molecule has 2 aromatic rings. The van der Waals surface area contributed by atoms with Gasteiger partial charge in [0.25, 0.3) is 0 Å². The highest BCUT2D eigenvalue weighted by Crippen LogP contribution is 2.26. The zero-order valence-corrected chi connectivity index (χ0v) is 11.9. The van der Waals surface area contributed by atoms with Crippen LogP contribution in [0.5, 0.6) is 0 Å². The van der Waals surface area contributed by atoms with Crippen molar-refractivity contribution in [2.24, 2.45) is 5.84 Å². The van der Waals surface area contributed by atoms with Crippen LogP contribution in [0.15, 0.2) is 40.9 Å². The van der Waals surface area contributed by atoms with Crippen molar-refractivity contribution in [1.82, 2.24) is 5.43 Å². The van der Waals surface area contributed by atoms with Gasteiger partial charge in [-0.2, -0.15) is 0 Å². The number of nitrogens with one attached hydrogen (secondary N) is 1. The predicted octanol–water partition coefficient (Wildman–Crippen LogP) is 3.61. The molecule has 6 heteroatoms. The van der Waals surface area contributed by atoms with Crippen LogP contribution in [-0.2, 0) is 6.42 Å². The first kappa shape index (κ1) is 15.0. The largest absolute Gasteiger partial charge is 0.271 e. The first-order valence-corrected chi connectivity index (χ1v) is 6.66. The SMILES string of the molecule is NNC(Cc1cc(F)ccc1Br)c1cccc(F)c1F. The third-order valence-corrected chi connectivity index (χ3v) is 3.76. The fraction of sp³-hybridized carbons (Fsp3) is 0.143. The Labute approximate surface area is 122 Å². The van der Waals surface area contributed by atoms with E-state index < -0.39 is 23.5 Å². The first-order valence-electron chi connectivity index (χ1n) is 5.87. The van der Waals surface area contributed by atoms with Crippen LogP contribution in [0.2, 0.25) is 0 Å². The number of hydrazine groups is 1. The van der Waals surface area contributed by atoms with Gasteiger partial charge in [0.05, 0.1) is 6.04 Å². The fourth-order valence-corrected chi connectivity index (χ4v) is 2.38. The van der Waals surface area contributed by atoms with Crippen molar-refractivity contribution >= 4 is 15.9 Å². The molecule has 0 spiro atoms. The van der Waals surface area contributed by atoms with E-state index in [0.717, 1.165) is 6.07 Å². The lowest BCUT2D eigenvalue weighted by molar-refractivity contribution is 0.463. The van der Waals surface area contributed by atoms with Gasteiger partial charge in [-0.15, -0.1) is 0 Å². The van der Waals surface area contributed by atoms with Gasteiger partial charge in [0, 0.05) is 10.0 Å². The minimum absolute atomic E-state index is 0.101. The molecule has 2 rings (SSSR count). The summed E-state index contributed by atoms with van der Waals surface area (Å²) in [5.74, 6) is 3.11.